The van der Waals surface area contributed by atoms with Gasteiger partial charge in [0, 0.05) is 17.2 Å². The number of rotatable bonds is 1. The highest BCUT2D eigenvalue weighted by Crippen LogP contribution is 2.33. The summed E-state index contributed by atoms with van der Waals surface area (Å²) in [4.78, 5) is 9.47. The van der Waals surface area contributed by atoms with Crippen molar-refractivity contribution >= 4 is 11.6 Å². The zero-order valence-electron chi connectivity index (χ0n) is 10.9. The average molecular weight is 265 g/mol. The molecule has 98 valence electrons. The Labute approximate surface area is 114 Å². The predicted octanol–water partition coefficient (Wildman–Crippen LogP) is 4.45. The van der Waals surface area contributed by atoms with E-state index in [1.165, 1.54) is 62.6 Å². The van der Waals surface area contributed by atoms with Crippen LogP contribution >= 0.6 is 11.6 Å². The third-order valence-electron chi connectivity index (χ3n) is 4.37. The second-order valence-corrected chi connectivity index (χ2v) is 6.05. The summed E-state index contributed by atoms with van der Waals surface area (Å²) in [5, 5.41) is 0.738. The maximum Gasteiger partial charge on any atom is 0.136 e. The molecule has 3 rings (SSSR count). The van der Waals surface area contributed by atoms with Gasteiger partial charge in [-0.05, 0) is 38.5 Å². The summed E-state index contributed by atoms with van der Waals surface area (Å²) >= 11 is 6.39. The molecule has 1 saturated carbocycles. The first-order valence-corrected chi connectivity index (χ1v) is 7.77. The molecule has 0 radical (unpaired) electrons. The molecule has 1 heterocycles. The fourth-order valence-corrected chi connectivity index (χ4v) is 3.58. The van der Waals surface area contributed by atoms with Gasteiger partial charge in [0.05, 0.1) is 0 Å². The van der Waals surface area contributed by atoms with E-state index in [0.29, 0.717) is 5.92 Å². The Bertz CT molecular complexity index is 425. The molecule has 1 aromatic heterocycles. The minimum atomic E-state index is 0.560. The molecule has 2 aliphatic carbocycles. The number of halogens is 1. The fraction of sp³-hybridized carbons (Fsp3) is 0.733. The van der Waals surface area contributed by atoms with Crippen molar-refractivity contribution in [3.63, 3.8) is 0 Å². The molecule has 0 spiro atoms. The van der Waals surface area contributed by atoms with Gasteiger partial charge in [-0.25, -0.2) is 9.97 Å². The van der Waals surface area contributed by atoms with E-state index in [2.05, 4.69) is 4.98 Å². The molecule has 3 heteroatoms. The molecule has 0 N–H and O–H groups in total. The Kier molecular flexibility index (Phi) is 3.83. The van der Waals surface area contributed by atoms with Gasteiger partial charge in [-0.1, -0.05) is 37.3 Å². The number of hydrogen-bond donors (Lipinski definition) is 0. The molecule has 1 fully saturated rings. The van der Waals surface area contributed by atoms with Crippen molar-refractivity contribution in [2.24, 2.45) is 0 Å². The van der Waals surface area contributed by atoms with Crippen molar-refractivity contribution in [1.82, 2.24) is 9.97 Å². The molecule has 0 atom stereocenters. The van der Waals surface area contributed by atoms with Crippen LogP contribution in [0.1, 0.15) is 74.4 Å². The van der Waals surface area contributed by atoms with Gasteiger partial charge >= 0.3 is 0 Å². The smallest absolute Gasteiger partial charge is 0.136 e. The van der Waals surface area contributed by atoms with Gasteiger partial charge in [-0.15, -0.1) is 0 Å². The molecule has 2 aliphatic rings. The Hall–Kier alpha value is -0.630. The summed E-state index contributed by atoms with van der Waals surface area (Å²) in [6, 6.07) is 0. The van der Waals surface area contributed by atoms with E-state index in [-0.39, 0.29) is 0 Å². The number of fused-ring (bicyclic) bond motifs is 1. The monoisotopic (exact) mass is 264 g/mol. The lowest BCUT2D eigenvalue weighted by Gasteiger charge is -2.21. The summed E-state index contributed by atoms with van der Waals surface area (Å²) in [7, 11) is 0. The zero-order chi connectivity index (χ0) is 12.4. The molecular weight excluding hydrogens is 244 g/mol. The van der Waals surface area contributed by atoms with E-state index < -0.39 is 0 Å². The quantitative estimate of drug-likeness (QED) is 0.553. The number of aryl methyl sites for hydroxylation is 1. The van der Waals surface area contributed by atoms with Crippen molar-refractivity contribution < 1.29 is 0 Å². The highest BCUT2D eigenvalue weighted by atomic mass is 35.5. The Morgan fingerprint density at radius 2 is 1.56 bits per heavy atom. The number of hydrogen-bond acceptors (Lipinski definition) is 2. The van der Waals surface area contributed by atoms with Crippen LogP contribution in [0.2, 0.25) is 5.15 Å². The Morgan fingerprint density at radius 1 is 0.833 bits per heavy atom. The highest BCUT2D eigenvalue weighted by molar-refractivity contribution is 6.30. The van der Waals surface area contributed by atoms with Crippen molar-refractivity contribution in [2.45, 2.75) is 70.1 Å². The molecule has 0 aromatic carbocycles. The van der Waals surface area contributed by atoms with Crippen LogP contribution in [0.3, 0.4) is 0 Å². The van der Waals surface area contributed by atoms with Crippen LogP contribution in [0, 0.1) is 0 Å². The lowest BCUT2D eigenvalue weighted by molar-refractivity contribution is 0.427. The normalized spacial score (nSPS) is 21.4. The second-order valence-electron chi connectivity index (χ2n) is 5.69. The van der Waals surface area contributed by atoms with Gasteiger partial charge in [0.15, 0.2) is 0 Å². The van der Waals surface area contributed by atoms with Gasteiger partial charge in [0.25, 0.3) is 0 Å². The summed E-state index contributed by atoms with van der Waals surface area (Å²) in [5.74, 6) is 1.59. The van der Waals surface area contributed by atoms with Crippen molar-refractivity contribution in [2.75, 3.05) is 0 Å². The average Bonchev–Trinajstić information content (AvgIpc) is 2.65. The first kappa shape index (κ1) is 12.4. The summed E-state index contributed by atoms with van der Waals surface area (Å²) in [6.45, 7) is 0. The van der Waals surface area contributed by atoms with Gasteiger partial charge in [-0.2, -0.15) is 0 Å². The van der Waals surface area contributed by atoms with E-state index in [4.69, 9.17) is 16.6 Å². The van der Waals surface area contributed by atoms with Crippen LogP contribution < -0.4 is 0 Å². The first-order chi connectivity index (χ1) is 8.84. The Morgan fingerprint density at radius 3 is 2.39 bits per heavy atom. The van der Waals surface area contributed by atoms with Crippen LogP contribution in [0.25, 0.3) is 0 Å². The van der Waals surface area contributed by atoms with E-state index in [9.17, 15) is 0 Å². The topological polar surface area (TPSA) is 25.8 Å². The van der Waals surface area contributed by atoms with Crippen LogP contribution in [0.5, 0.6) is 0 Å². The van der Waals surface area contributed by atoms with Crippen molar-refractivity contribution in [3.05, 3.63) is 22.2 Å². The van der Waals surface area contributed by atoms with E-state index in [0.717, 1.165) is 23.8 Å². The van der Waals surface area contributed by atoms with Crippen LogP contribution in [0.4, 0.5) is 0 Å². The lowest BCUT2D eigenvalue weighted by atomic mass is 9.88. The Balaban J connectivity index is 1.91. The maximum atomic E-state index is 6.39. The zero-order valence-corrected chi connectivity index (χ0v) is 11.7. The maximum absolute atomic E-state index is 6.39. The van der Waals surface area contributed by atoms with Crippen molar-refractivity contribution in [1.29, 1.82) is 0 Å². The van der Waals surface area contributed by atoms with Crippen LogP contribution in [-0.2, 0) is 12.8 Å². The first-order valence-electron chi connectivity index (χ1n) is 7.40. The van der Waals surface area contributed by atoms with Crippen molar-refractivity contribution in [3.8, 4) is 0 Å². The number of nitrogens with zero attached hydrogens (tertiary/aromatic N) is 2. The summed E-state index contributed by atoms with van der Waals surface area (Å²) in [5.41, 5.74) is 2.47. The third kappa shape index (κ3) is 2.54. The molecule has 0 amide bonds. The van der Waals surface area contributed by atoms with E-state index in [1.54, 1.807) is 0 Å². The molecule has 0 aliphatic heterocycles. The molecular formula is C15H21ClN2. The minimum Gasteiger partial charge on any atom is -0.237 e. The summed E-state index contributed by atoms with van der Waals surface area (Å²) in [6.07, 6.45) is 12.5. The second kappa shape index (κ2) is 5.56. The third-order valence-corrected chi connectivity index (χ3v) is 4.68. The molecule has 0 saturated heterocycles. The molecule has 1 aromatic rings. The van der Waals surface area contributed by atoms with E-state index in [1.807, 2.05) is 0 Å². The van der Waals surface area contributed by atoms with E-state index >= 15 is 0 Å². The standard InChI is InChI=1S/C15H21ClN2/c16-14-12-9-5-2-6-10-13(12)17-15(18-14)11-7-3-1-4-8-11/h11H,1-10H2. The predicted molar refractivity (Wildman–Crippen MR) is 74.1 cm³/mol. The largest absolute Gasteiger partial charge is 0.237 e. The SMILES string of the molecule is Clc1nc(C2CCCCC2)nc2c1CCCCC2. The molecule has 18 heavy (non-hydrogen) atoms. The highest BCUT2D eigenvalue weighted by Gasteiger charge is 2.22. The summed E-state index contributed by atoms with van der Waals surface area (Å²) < 4.78 is 0. The minimum absolute atomic E-state index is 0.560. The number of aromatic nitrogens is 2. The fourth-order valence-electron chi connectivity index (χ4n) is 3.29. The van der Waals surface area contributed by atoms with Crippen LogP contribution in [0.15, 0.2) is 0 Å². The van der Waals surface area contributed by atoms with Gasteiger partial charge in [0.2, 0.25) is 0 Å². The van der Waals surface area contributed by atoms with Gasteiger partial charge < -0.3 is 0 Å². The van der Waals surface area contributed by atoms with Gasteiger partial charge in [-0.3, -0.25) is 0 Å². The molecule has 0 unspecified atom stereocenters. The van der Waals surface area contributed by atoms with Gasteiger partial charge in [0.1, 0.15) is 11.0 Å². The molecule has 2 nitrogen and oxygen atoms in total. The lowest BCUT2D eigenvalue weighted by Crippen LogP contribution is -2.12. The molecule has 0 bridgehead atoms. The van der Waals surface area contributed by atoms with Crippen LogP contribution in [-0.4, -0.2) is 9.97 Å².